The van der Waals surface area contributed by atoms with Crippen molar-refractivity contribution < 1.29 is 24.5 Å². The first kappa shape index (κ1) is 22.7. The molecule has 0 radical (unpaired) electrons. The summed E-state index contributed by atoms with van der Waals surface area (Å²) in [5.74, 6) is -1.51. The largest absolute Gasteiger partial charge is 0.508 e. The molecular formula is C25H19Cl2NO5. The number of aromatic hydroxyl groups is 1. The third kappa shape index (κ3) is 4.40. The molecule has 1 heterocycles. The number of phenolic OH excluding ortho intramolecular Hbond substituents is 1. The second-order valence-corrected chi connectivity index (χ2v) is 8.22. The van der Waals surface area contributed by atoms with Crippen molar-refractivity contribution in [3.63, 3.8) is 0 Å². The summed E-state index contributed by atoms with van der Waals surface area (Å²) >= 11 is 12.3. The van der Waals surface area contributed by atoms with Crippen molar-refractivity contribution in [1.82, 2.24) is 0 Å². The van der Waals surface area contributed by atoms with E-state index in [9.17, 15) is 19.8 Å². The molecule has 4 rings (SSSR count). The Morgan fingerprint density at radius 1 is 1.00 bits per heavy atom. The number of halogens is 2. The monoisotopic (exact) mass is 483 g/mol. The van der Waals surface area contributed by atoms with E-state index in [0.29, 0.717) is 29.2 Å². The molecule has 33 heavy (non-hydrogen) atoms. The molecule has 0 bridgehead atoms. The van der Waals surface area contributed by atoms with Crippen LogP contribution in [0, 0.1) is 0 Å². The van der Waals surface area contributed by atoms with Gasteiger partial charge >= 0.3 is 0 Å². The fourth-order valence-corrected chi connectivity index (χ4v) is 4.32. The molecule has 0 aromatic heterocycles. The number of ether oxygens (including phenoxy) is 1. The molecule has 0 saturated carbocycles. The minimum absolute atomic E-state index is 0.0194. The van der Waals surface area contributed by atoms with Gasteiger partial charge in [-0.25, -0.2) is 0 Å². The van der Waals surface area contributed by atoms with E-state index in [0.717, 1.165) is 0 Å². The van der Waals surface area contributed by atoms with E-state index >= 15 is 0 Å². The number of phenols is 1. The highest BCUT2D eigenvalue weighted by Crippen LogP contribution is 2.43. The number of carbonyl (C=O) groups is 2. The Balaban J connectivity index is 1.94. The SMILES string of the molecule is CCOc1cccc(/C(O)=C2\C(=O)C(=O)N(c3cc(Cl)cc(Cl)c3)C2c2ccc(O)cc2)c1. The first-order valence-corrected chi connectivity index (χ1v) is 10.8. The molecule has 1 amide bonds. The predicted molar refractivity (Wildman–Crippen MR) is 127 cm³/mol. The Kier molecular flexibility index (Phi) is 6.31. The molecule has 1 saturated heterocycles. The van der Waals surface area contributed by atoms with Crippen LogP contribution >= 0.6 is 23.2 Å². The van der Waals surface area contributed by atoms with Crippen LogP contribution in [0.2, 0.25) is 10.0 Å². The lowest BCUT2D eigenvalue weighted by molar-refractivity contribution is -0.132. The molecule has 6 nitrogen and oxygen atoms in total. The number of nitrogens with zero attached hydrogens (tertiary/aromatic N) is 1. The van der Waals surface area contributed by atoms with Crippen molar-refractivity contribution in [1.29, 1.82) is 0 Å². The van der Waals surface area contributed by atoms with Crippen molar-refractivity contribution in [2.75, 3.05) is 11.5 Å². The van der Waals surface area contributed by atoms with Crippen molar-refractivity contribution in [2.24, 2.45) is 0 Å². The Morgan fingerprint density at radius 2 is 1.67 bits per heavy atom. The average molecular weight is 484 g/mol. The number of ketones is 1. The summed E-state index contributed by atoms with van der Waals surface area (Å²) in [6.45, 7) is 2.26. The molecule has 3 aromatic rings. The Morgan fingerprint density at radius 3 is 2.30 bits per heavy atom. The third-order valence-corrected chi connectivity index (χ3v) is 5.63. The summed E-state index contributed by atoms with van der Waals surface area (Å²) in [5, 5.41) is 21.5. The zero-order valence-corrected chi connectivity index (χ0v) is 19.0. The Bertz CT molecular complexity index is 1250. The van der Waals surface area contributed by atoms with Crippen LogP contribution in [0.4, 0.5) is 5.69 Å². The summed E-state index contributed by atoms with van der Waals surface area (Å²) in [6, 6.07) is 16.2. The van der Waals surface area contributed by atoms with Crippen LogP contribution < -0.4 is 9.64 Å². The number of rotatable bonds is 5. The van der Waals surface area contributed by atoms with Gasteiger partial charge in [0.25, 0.3) is 11.7 Å². The maximum Gasteiger partial charge on any atom is 0.300 e. The second-order valence-electron chi connectivity index (χ2n) is 7.35. The molecule has 1 fully saturated rings. The second kappa shape index (κ2) is 9.17. The summed E-state index contributed by atoms with van der Waals surface area (Å²) in [7, 11) is 0. The number of amides is 1. The average Bonchev–Trinajstić information content (AvgIpc) is 3.04. The summed E-state index contributed by atoms with van der Waals surface area (Å²) in [6.07, 6.45) is 0. The molecule has 1 atom stereocenters. The van der Waals surface area contributed by atoms with E-state index in [2.05, 4.69) is 0 Å². The van der Waals surface area contributed by atoms with Crippen molar-refractivity contribution in [3.05, 3.63) is 93.5 Å². The molecular weight excluding hydrogens is 465 g/mol. The maximum atomic E-state index is 13.2. The lowest BCUT2D eigenvalue weighted by atomic mass is 9.95. The van der Waals surface area contributed by atoms with Crippen LogP contribution in [0.3, 0.4) is 0 Å². The molecule has 8 heteroatoms. The van der Waals surface area contributed by atoms with Gasteiger partial charge in [0.1, 0.15) is 17.3 Å². The normalized spacial score (nSPS) is 17.4. The van der Waals surface area contributed by atoms with Crippen LogP contribution in [0.5, 0.6) is 11.5 Å². The summed E-state index contributed by atoms with van der Waals surface area (Å²) < 4.78 is 5.50. The topological polar surface area (TPSA) is 87.1 Å². The number of benzene rings is 3. The standard InChI is InChI=1S/C25H19Cl2NO5/c1-2-33-20-5-3-4-15(10-20)23(30)21-22(14-6-8-19(29)9-7-14)28(25(32)24(21)31)18-12-16(26)11-17(27)13-18/h3-13,22,29-30H,2H2,1H3/b23-21+. The van der Waals surface area contributed by atoms with Crippen LogP contribution in [-0.2, 0) is 9.59 Å². The molecule has 0 aliphatic carbocycles. The summed E-state index contributed by atoms with van der Waals surface area (Å²) in [4.78, 5) is 27.6. The fraction of sp³-hybridized carbons (Fsp3) is 0.120. The maximum absolute atomic E-state index is 13.2. The lowest BCUT2D eigenvalue weighted by Crippen LogP contribution is -2.29. The molecule has 0 spiro atoms. The van der Waals surface area contributed by atoms with Gasteiger partial charge in [-0.1, -0.05) is 47.5 Å². The lowest BCUT2D eigenvalue weighted by Gasteiger charge is -2.26. The van der Waals surface area contributed by atoms with E-state index in [4.69, 9.17) is 27.9 Å². The van der Waals surface area contributed by atoms with Crippen molar-refractivity contribution >= 4 is 46.3 Å². The van der Waals surface area contributed by atoms with Gasteiger partial charge in [-0.3, -0.25) is 14.5 Å². The molecule has 3 aromatic carbocycles. The minimum Gasteiger partial charge on any atom is -0.508 e. The zero-order chi connectivity index (χ0) is 23.7. The van der Waals surface area contributed by atoms with Crippen LogP contribution in [0.25, 0.3) is 5.76 Å². The highest BCUT2D eigenvalue weighted by molar-refractivity contribution is 6.52. The molecule has 1 aliphatic heterocycles. The smallest absolute Gasteiger partial charge is 0.300 e. The number of hydrogen-bond donors (Lipinski definition) is 2. The van der Waals surface area contributed by atoms with Gasteiger partial charge < -0.3 is 14.9 Å². The molecule has 1 aliphatic rings. The molecule has 1 unspecified atom stereocenters. The molecule has 168 valence electrons. The number of anilines is 1. The quantitative estimate of drug-likeness (QED) is 0.275. The van der Waals surface area contributed by atoms with Crippen LogP contribution in [0.1, 0.15) is 24.1 Å². The number of hydrogen-bond acceptors (Lipinski definition) is 5. The first-order valence-electron chi connectivity index (χ1n) is 10.1. The van der Waals surface area contributed by atoms with Crippen LogP contribution in [-0.4, -0.2) is 28.5 Å². The van der Waals surface area contributed by atoms with Crippen molar-refractivity contribution in [2.45, 2.75) is 13.0 Å². The van der Waals surface area contributed by atoms with Gasteiger partial charge in [0, 0.05) is 21.3 Å². The molecule has 2 N–H and O–H groups in total. The van der Waals surface area contributed by atoms with Gasteiger partial charge in [-0.15, -0.1) is 0 Å². The van der Waals surface area contributed by atoms with E-state index in [1.807, 2.05) is 6.92 Å². The van der Waals surface area contributed by atoms with E-state index in [-0.39, 0.29) is 27.1 Å². The van der Waals surface area contributed by atoms with Crippen LogP contribution in [0.15, 0.2) is 72.3 Å². The summed E-state index contributed by atoms with van der Waals surface area (Å²) in [5.41, 5.74) is 1.03. The predicted octanol–water partition coefficient (Wildman–Crippen LogP) is 5.72. The van der Waals surface area contributed by atoms with Gasteiger partial charge in [-0.05, 0) is 55.0 Å². The van der Waals surface area contributed by atoms with E-state index in [1.54, 1.807) is 36.4 Å². The highest BCUT2D eigenvalue weighted by atomic mass is 35.5. The van der Waals surface area contributed by atoms with E-state index in [1.165, 1.54) is 35.2 Å². The minimum atomic E-state index is -0.976. The Hall–Kier alpha value is -3.48. The van der Waals surface area contributed by atoms with Gasteiger partial charge in [0.05, 0.1) is 18.2 Å². The first-order chi connectivity index (χ1) is 15.8. The zero-order valence-electron chi connectivity index (χ0n) is 17.5. The number of carbonyl (C=O) groups excluding carboxylic acids is 2. The fourth-order valence-electron chi connectivity index (χ4n) is 3.80. The van der Waals surface area contributed by atoms with Gasteiger partial charge in [0.15, 0.2) is 0 Å². The number of aliphatic hydroxyl groups is 1. The van der Waals surface area contributed by atoms with Gasteiger partial charge in [-0.2, -0.15) is 0 Å². The number of Topliss-reactive ketones (excluding diaryl/α,β-unsaturated/α-hetero) is 1. The highest BCUT2D eigenvalue weighted by Gasteiger charge is 2.47. The van der Waals surface area contributed by atoms with Gasteiger partial charge in [0.2, 0.25) is 0 Å². The Labute approximate surface area is 200 Å². The number of aliphatic hydroxyl groups excluding tert-OH is 1. The third-order valence-electron chi connectivity index (χ3n) is 5.20. The van der Waals surface area contributed by atoms with E-state index < -0.39 is 17.7 Å². The van der Waals surface area contributed by atoms with Crippen molar-refractivity contribution in [3.8, 4) is 11.5 Å².